The third-order valence-electron chi connectivity index (χ3n) is 2.78. The summed E-state index contributed by atoms with van der Waals surface area (Å²) in [6.07, 6.45) is 5.42. The molecule has 16 heavy (non-hydrogen) atoms. The van der Waals surface area contributed by atoms with Gasteiger partial charge < -0.3 is 4.74 Å². The molecule has 84 valence electrons. The molecule has 0 heterocycles. The molecule has 0 N–H and O–H groups in total. The molecule has 1 aliphatic rings. The van der Waals surface area contributed by atoms with Gasteiger partial charge in [-0.25, -0.2) is 0 Å². The van der Waals surface area contributed by atoms with Crippen LogP contribution in [0.3, 0.4) is 0 Å². The lowest BCUT2D eigenvalue weighted by atomic mass is 10.0. The fourth-order valence-electron chi connectivity index (χ4n) is 1.97. The summed E-state index contributed by atoms with van der Waals surface area (Å²) in [5.74, 6) is 0.586. The van der Waals surface area contributed by atoms with E-state index in [1.165, 1.54) is 24.8 Å². The van der Waals surface area contributed by atoms with E-state index in [0.29, 0.717) is 5.75 Å². The molecule has 0 unspecified atom stereocenters. The van der Waals surface area contributed by atoms with Crippen molar-refractivity contribution in [2.45, 2.75) is 19.3 Å². The highest BCUT2D eigenvalue weighted by Crippen LogP contribution is 2.35. The van der Waals surface area contributed by atoms with Crippen LogP contribution in [0.1, 0.15) is 24.8 Å². The molecule has 0 aromatic heterocycles. The molecule has 0 atom stereocenters. The largest absolute Gasteiger partial charge is 0.496 e. The summed E-state index contributed by atoms with van der Waals surface area (Å²) >= 11 is 0. The Hall–Kier alpha value is -1.84. The predicted molar refractivity (Wildman–Crippen MR) is 61.5 cm³/mol. The van der Waals surface area contributed by atoms with E-state index in [1.54, 1.807) is 6.07 Å². The minimum atomic E-state index is -0.407. The normalized spacial score (nSPS) is 14.7. The molecule has 0 radical (unpaired) electrons. The van der Waals surface area contributed by atoms with Gasteiger partial charge in [0.2, 0.25) is 0 Å². The van der Waals surface area contributed by atoms with Crippen LogP contribution in [0.2, 0.25) is 0 Å². The van der Waals surface area contributed by atoms with E-state index in [0.717, 1.165) is 24.8 Å². The highest BCUT2D eigenvalue weighted by atomic mass is 16.6. The second-order valence-corrected chi connectivity index (χ2v) is 3.76. The van der Waals surface area contributed by atoms with Gasteiger partial charge in [0.15, 0.2) is 0 Å². The lowest BCUT2D eigenvalue weighted by molar-refractivity contribution is -0.384. The third-order valence-corrected chi connectivity index (χ3v) is 2.78. The van der Waals surface area contributed by atoms with Crippen molar-refractivity contribution in [3.05, 3.63) is 40.0 Å². The molecule has 0 amide bonds. The van der Waals surface area contributed by atoms with Crippen LogP contribution >= 0.6 is 0 Å². The van der Waals surface area contributed by atoms with Crippen LogP contribution in [0.25, 0.3) is 5.57 Å². The minimum absolute atomic E-state index is 0.0687. The van der Waals surface area contributed by atoms with Crippen molar-refractivity contribution >= 4 is 11.3 Å². The van der Waals surface area contributed by atoms with Crippen molar-refractivity contribution in [3.63, 3.8) is 0 Å². The van der Waals surface area contributed by atoms with Crippen LogP contribution in [0.15, 0.2) is 24.3 Å². The van der Waals surface area contributed by atoms with Crippen molar-refractivity contribution in [3.8, 4) is 5.75 Å². The number of rotatable bonds is 3. The highest BCUT2D eigenvalue weighted by Gasteiger charge is 2.15. The van der Waals surface area contributed by atoms with Gasteiger partial charge in [0, 0.05) is 11.6 Å². The zero-order valence-corrected chi connectivity index (χ0v) is 9.10. The first-order valence-electron chi connectivity index (χ1n) is 5.24. The average Bonchev–Trinajstić information content (AvgIpc) is 2.81. The average molecular weight is 219 g/mol. The van der Waals surface area contributed by atoms with E-state index in [1.807, 2.05) is 0 Å². The van der Waals surface area contributed by atoms with E-state index in [4.69, 9.17) is 4.74 Å². The van der Waals surface area contributed by atoms with Crippen molar-refractivity contribution < 1.29 is 9.66 Å². The van der Waals surface area contributed by atoms with E-state index in [-0.39, 0.29) is 5.69 Å². The number of nitro benzene ring substituents is 1. The first-order chi connectivity index (χ1) is 7.72. The summed E-state index contributed by atoms with van der Waals surface area (Å²) in [4.78, 5) is 10.2. The maximum atomic E-state index is 10.6. The van der Waals surface area contributed by atoms with Gasteiger partial charge in [-0.15, -0.1) is 0 Å². The van der Waals surface area contributed by atoms with Crippen LogP contribution in [-0.4, -0.2) is 12.0 Å². The SMILES string of the molecule is COc1cc([N+](=O)[O-])ccc1C1=CCCC1. The van der Waals surface area contributed by atoms with E-state index in [9.17, 15) is 10.1 Å². The quantitative estimate of drug-likeness (QED) is 0.579. The number of benzene rings is 1. The van der Waals surface area contributed by atoms with E-state index < -0.39 is 4.92 Å². The maximum absolute atomic E-state index is 10.6. The number of nitrogens with zero attached hydrogens (tertiary/aromatic N) is 1. The molecule has 1 aromatic rings. The lowest BCUT2D eigenvalue weighted by Crippen LogP contribution is -1.94. The summed E-state index contributed by atoms with van der Waals surface area (Å²) in [6, 6.07) is 4.78. The molecule has 0 aliphatic heterocycles. The smallest absolute Gasteiger partial charge is 0.273 e. The first-order valence-corrected chi connectivity index (χ1v) is 5.24. The number of ether oxygens (including phenoxy) is 1. The summed E-state index contributed by atoms with van der Waals surface area (Å²) in [6.45, 7) is 0. The molecule has 4 heteroatoms. The second kappa shape index (κ2) is 4.35. The predicted octanol–water partition coefficient (Wildman–Crippen LogP) is 3.17. The van der Waals surface area contributed by atoms with Crippen molar-refractivity contribution in [2.75, 3.05) is 7.11 Å². The molecule has 0 spiro atoms. The zero-order chi connectivity index (χ0) is 11.5. The Balaban J connectivity index is 2.42. The van der Waals surface area contributed by atoms with E-state index >= 15 is 0 Å². The van der Waals surface area contributed by atoms with Gasteiger partial charge in [-0.1, -0.05) is 6.08 Å². The Morgan fingerprint density at radius 2 is 2.25 bits per heavy atom. The molecule has 1 aromatic carbocycles. The Labute approximate surface area is 93.7 Å². The van der Waals surface area contributed by atoms with Crippen LogP contribution in [0.4, 0.5) is 5.69 Å². The molecule has 4 nitrogen and oxygen atoms in total. The summed E-state index contributed by atoms with van der Waals surface area (Å²) in [5, 5.41) is 10.6. The van der Waals surface area contributed by atoms with Gasteiger partial charge in [0.25, 0.3) is 5.69 Å². The monoisotopic (exact) mass is 219 g/mol. The standard InChI is InChI=1S/C12H13NO3/c1-16-12-8-10(13(14)15)6-7-11(12)9-4-2-3-5-9/h4,6-8H,2-3,5H2,1H3. The Morgan fingerprint density at radius 3 is 2.81 bits per heavy atom. The zero-order valence-electron chi connectivity index (χ0n) is 9.10. The van der Waals surface area contributed by atoms with Gasteiger partial charge in [-0.05, 0) is 30.9 Å². The topological polar surface area (TPSA) is 52.4 Å². The van der Waals surface area contributed by atoms with Crippen molar-refractivity contribution in [2.24, 2.45) is 0 Å². The summed E-state index contributed by atoms with van der Waals surface area (Å²) in [7, 11) is 1.54. The molecule has 0 saturated carbocycles. The van der Waals surface area contributed by atoms with E-state index in [2.05, 4.69) is 6.08 Å². The van der Waals surface area contributed by atoms with Crippen LogP contribution in [0, 0.1) is 10.1 Å². The molecule has 2 rings (SSSR count). The summed E-state index contributed by atoms with van der Waals surface area (Å²) < 4.78 is 5.20. The molecule has 0 fully saturated rings. The molecule has 0 bridgehead atoms. The van der Waals surface area contributed by atoms with Gasteiger partial charge in [-0.2, -0.15) is 0 Å². The Bertz CT molecular complexity index is 452. The highest BCUT2D eigenvalue weighted by molar-refractivity contribution is 5.73. The number of non-ortho nitro benzene ring substituents is 1. The van der Waals surface area contributed by atoms with Crippen molar-refractivity contribution in [1.29, 1.82) is 0 Å². The van der Waals surface area contributed by atoms with Crippen LogP contribution in [-0.2, 0) is 0 Å². The number of nitro groups is 1. The number of hydrogen-bond donors (Lipinski definition) is 0. The number of methoxy groups -OCH3 is 1. The number of allylic oxidation sites excluding steroid dienone is 2. The van der Waals surface area contributed by atoms with Gasteiger partial charge >= 0.3 is 0 Å². The van der Waals surface area contributed by atoms with Gasteiger partial charge in [0.05, 0.1) is 18.1 Å². The third kappa shape index (κ3) is 1.91. The summed E-state index contributed by atoms with van der Waals surface area (Å²) in [5.41, 5.74) is 2.27. The van der Waals surface area contributed by atoms with Gasteiger partial charge in [0.1, 0.15) is 5.75 Å². The first kappa shape index (κ1) is 10.7. The molecular formula is C12H13NO3. The maximum Gasteiger partial charge on any atom is 0.273 e. The molecule has 1 aliphatic carbocycles. The fraction of sp³-hybridized carbons (Fsp3) is 0.333. The lowest BCUT2D eigenvalue weighted by Gasteiger charge is -2.08. The minimum Gasteiger partial charge on any atom is -0.496 e. The molecule has 0 saturated heterocycles. The van der Waals surface area contributed by atoms with Crippen LogP contribution < -0.4 is 4.74 Å². The molecular weight excluding hydrogens is 206 g/mol. The second-order valence-electron chi connectivity index (χ2n) is 3.76. The Morgan fingerprint density at radius 1 is 1.44 bits per heavy atom. The Kier molecular flexibility index (Phi) is 2.90. The van der Waals surface area contributed by atoms with Gasteiger partial charge in [-0.3, -0.25) is 10.1 Å². The fourth-order valence-corrected chi connectivity index (χ4v) is 1.97. The van der Waals surface area contributed by atoms with Crippen LogP contribution in [0.5, 0.6) is 5.75 Å². The number of hydrogen-bond acceptors (Lipinski definition) is 3. The van der Waals surface area contributed by atoms with Crippen molar-refractivity contribution in [1.82, 2.24) is 0 Å².